The number of hydrogen-bond donors (Lipinski definition) is 0. The molecule has 3 nitrogen and oxygen atoms in total. The van der Waals surface area contributed by atoms with Crippen molar-refractivity contribution in [3.8, 4) is 0 Å². The molecule has 0 aliphatic rings. The van der Waals surface area contributed by atoms with Crippen molar-refractivity contribution in [1.29, 1.82) is 0 Å². The van der Waals surface area contributed by atoms with Gasteiger partial charge in [-0.3, -0.25) is 7.32 Å². The molecule has 0 aliphatic carbocycles. The maximum Gasteiger partial charge on any atom is 0.0594 e. The third kappa shape index (κ3) is 107. The fraction of sp³-hybridized carbons (Fsp3) is 1.00. The van der Waals surface area contributed by atoms with E-state index in [1.54, 1.807) is 129 Å². The summed E-state index contributed by atoms with van der Waals surface area (Å²) < 4.78 is 0. The van der Waals surface area contributed by atoms with Crippen molar-refractivity contribution in [2.45, 2.75) is 598 Å². The summed E-state index contributed by atoms with van der Waals surface area (Å²) in [6.45, 7) is 66.4. The fourth-order valence-corrected chi connectivity index (χ4v) is 50.4. The van der Waals surface area contributed by atoms with E-state index in [0.29, 0.717) is 0 Å². The summed E-state index contributed by atoms with van der Waals surface area (Å²) in [5, 5.41) is 25.2. The molecule has 0 radical (unpaired) electrons. The molecule has 0 atom stereocenters. The molecule has 0 bridgehead atoms. The molecule has 0 aliphatic heterocycles. The van der Waals surface area contributed by atoms with Gasteiger partial charge in [-0.05, 0) is 183 Å². The fourth-order valence-electron chi connectivity index (χ4n) is 20.3. The van der Waals surface area contributed by atoms with Crippen LogP contribution in [0.4, 0.5) is 0 Å². The van der Waals surface area contributed by atoms with E-state index in [-0.39, 0.29) is 18.8 Å². The molecule has 0 aromatic rings. The van der Waals surface area contributed by atoms with Crippen molar-refractivity contribution in [3.63, 3.8) is 0 Å². The first kappa shape index (κ1) is 162. The minimum Gasteiger partial charge on any atom is -1.00 e. The second-order valence-corrected chi connectivity index (χ2v) is 74.5. The Balaban J connectivity index is -0.000000128. The molecule has 0 fully saturated rings. The molecule has 0 amide bonds. The van der Waals surface area contributed by atoms with Crippen LogP contribution in [0.2, 0.25) is 0 Å². The quantitative estimate of drug-likeness (QED) is 0.0264. The molecular weight excluding hydrogens is 1780 g/mol. The average molecular weight is 2050 g/mol. The second-order valence-electron chi connectivity index (χ2n) is 41.9. The Bertz CT molecular complexity index is 1440. The van der Waals surface area contributed by atoms with Crippen LogP contribution in [0.5, 0.6) is 0 Å². The summed E-state index contributed by atoms with van der Waals surface area (Å²) in [7, 11) is -6.88. The summed E-state index contributed by atoms with van der Waals surface area (Å²) >= 11 is 0. The van der Waals surface area contributed by atoms with E-state index in [0.717, 1.165) is 0 Å². The average Bonchev–Trinajstić information content (AvgIpc) is 0.924. The van der Waals surface area contributed by atoms with Gasteiger partial charge in [0.2, 0.25) is 0 Å². The van der Waals surface area contributed by atoms with Crippen molar-refractivity contribution in [3.05, 3.63) is 0 Å². The summed E-state index contributed by atoms with van der Waals surface area (Å²) in [5.41, 5.74) is 0. The Morgan fingerprint density at radius 2 is 0.149 bits per heavy atom. The molecule has 826 valence electrons. The van der Waals surface area contributed by atoms with Crippen LogP contribution in [-0.4, -0.2) is 180 Å². The SMILES string of the molecule is CCCCC[P+](CC)(CCCCC)CCCCC.CCCCC[P+](CC)(CCCCC)CCCCC.CCCCC[P+](CC)(CCCCC)CCCCC.CCCCC[P+](CC)(CCCCC)CCCCC.CCCCC[P+](CC)(CCCCC)CCCCC.CCCCC[P+](CC)(CCCCC)CCCCC.CCCCC[P+](CC)(CCCCC)CCCCC.[F-].[F-].[F-].[F-].[O-]B([O-])[O-]. The standard InChI is InChI=1S/7C17H38P.BO3.4FH/c7*1-5-9-12-15-18(8-4,16-13-10-6-2)17-14-11-7-3;2-1(3)4;;;;/h7*5-17H2,1-4H3;;4*1H/q7*+1;-3;;;;/p-4. The molecular formula is C119H266BF4O3P7. The Kier molecular flexibility index (Phi) is 155. The van der Waals surface area contributed by atoms with Crippen LogP contribution in [0.25, 0.3) is 0 Å². The van der Waals surface area contributed by atoms with Gasteiger partial charge in [0.05, 0.1) is 173 Å². The molecule has 0 saturated heterocycles. The van der Waals surface area contributed by atoms with E-state index in [1.165, 1.54) is 448 Å². The summed E-state index contributed by atoms with van der Waals surface area (Å²) in [6.07, 6.45) is 136. The lowest BCUT2D eigenvalue weighted by Gasteiger charge is -2.35. The van der Waals surface area contributed by atoms with Crippen molar-refractivity contribution in [2.24, 2.45) is 0 Å². The van der Waals surface area contributed by atoms with E-state index in [2.05, 4.69) is 194 Å². The van der Waals surface area contributed by atoms with Gasteiger partial charge in [-0.15, -0.1) is 0 Å². The first-order valence-electron chi connectivity index (χ1n) is 60.9. The van der Waals surface area contributed by atoms with Gasteiger partial charge in [-0.2, -0.15) is 0 Å². The van der Waals surface area contributed by atoms with Gasteiger partial charge in [0.1, 0.15) is 0 Å². The lowest BCUT2D eigenvalue weighted by molar-refractivity contribution is -0.479. The highest BCUT2D eigenvalue weighted by Gasteiger charge is 2.39. The van der Waals surface area contributed by atoms with Crippen LogP contribution in [0.3, 0.4) is 0 Å². The van der Waals surface area contributed by atoms with E-state index in [4.69, 9.17) is 15.1 Å². The van der Waals surface area contributed by atoms with Crippen LogP contribution >= 0.6 is 50.8 Å². The van der Waals surface area contributed by atoms with E-state index in [1.807, 2.05) is 0 Å². The molecule has 0 aromatic carbocycles. The molecule has 0 rings (SSSR count). The summed E-state index contributed by atoms with van der Waals surface area (Å²) in [5.74, 6) is 0. The lowest BCUT2D eigenvalue weighted by Crippen LogP contribution is -3.00. The first-order valence-corrected chi connectivity index (χ1v) is 78.6. The largest absolute Gasteiger partial charge is 1.00 e. The van der Waals surface area contributed by atoms with Crippen LogP contribution in [0.15, 0.2) is 0 Å². The van der Waals surface area contributed by atoms with Gasteiger partial charge in [-0.1, -0.05) is 415 Å². The van der Waals surface area contributed by atoms with Crippen molar-refractivity contribution >= 4 is 58.2 Å². The monoisotopic (exact) mass is 2050 g/mol. The maximum absolute atomic E-state index is 8.42. The zero-order valence-corrected chi connectivity index (χ0v) is 105. The van der Waals surface area contributed by atoms with Crippen molar-refractivity contribution in [2.75, 3.05) is 173 Å². The smallest absolute Gasteiger partial charge is 0.0594 e. The summed E-state index contributed by atoms with van der Waals surface area (Å²) in [4.78, 5) is 0. The maximum atomic E-state index is 8.42. The Morgan fingerprint density at radius 3 is 0.179 bits per heavy atom. The molecule has 134 heavy (non-hydrogen) atoms. The minimum absolute atomic E-state index is 0. The predicted octanol–water partition coefficient (Wildman–Crippen LogP) is 30.2. The third-order valence-corrected chi connectivity index (χ3v) is 66.6. The zero-order valence-electron chi connectivity index (χ0n) is 98.8. The molecule has 0 heterocycles. The van der Waals surface area contributed by atoms with Gasteiger partial charge >= 0.3 is 0 Å². The van der Waals surface area contributed by atoms with Gasteiger partial charge in [0.15, 0.2) is 0 Å². The minimum atomic E-state index is -2.92. The van der Waals surface area contributed by atoms with Crippen LogP contribution in [0, 0.1) is 0 Å². The van der Waals surface area contributed by atoms with Crippen molar-refractivity contribution < 1.29 is 33.9 Å². The molecule has 0 aromatic heterocycles. The van der Waals surface area contributed by atoms with Gasteiger partial charge in [0, 0.05) is 50.8 Å². The predicted molar refractivity (Wildman–Crippen MR) is 640 cm³/mol. The third-order valence-electron chi connectivity index (χ3n) is 30.7. The Hall–Kier alpha value is 2.67. The molecule has 15 heteroatoms. The topological polar surface area (TPSA) is 69.2 Å². The highest BCUT2D eigenvalue weighted by molar-refractivity contribution is 7.78. The van der Waals surface area contributed by atoms with E-state index in [9.17, 15) is 0 Å². The van der Waals surface area contributed by atoms with Gasteiger partial charge in [0.25, 0.3) is 0 Å². The first-order chi connectivity index (χ1) is 62.9. The van der Waals surface area contributed by atoms with Crippen LogP contribution in [-0.2, 0) is 0 Å². The number of unbranched alkanes of at least 4 members (excludes halogenated alkanes) is 42. The Morgan fingerprint density at radius 1 is 0.104 bits per heavy atom. The molecule has 0 N–H and O–H groups in total. The molecule has 0 unspecified atom stereocenters. The van der Waals surface area contributed by atoms with E-state index >= 15 is 0 Å². The second kappa shape index (κ2) is 128. The highest BCUT2D eigenvalue weighted by atomic mass is 31.2. The van der Waals surface area contributed by atoms with Gasteiger partial charge in [-0.25, -0.2) is 0 Å². The highest BCUT2D eigenvalue weighted by Crippen LogP contribution is 2.66. The Labute approximate surface area is 857 Å². The number of halogens is 4. The molecule has 0 spiro atoms. The number of rotatable bonds is 91. The lowest BCUT2D eigenvalue weighted by atomic mass is 10.3. The molecule has 0 saturated carbocycles. The summed E-state index contributed by atoms with van der Waals surface area (Å²) in [6, 6.07) is 0. The van der Waals surface area contributed by atoms with Crippen LogP contribution in [0.1, 0.15) is 598 Å². The zero-order chi connectivity index (χ0) is 99.4. The van der Waals surface area contributed by atoms with Crippen molar-refractivity contribution in [1.82, 2.24) is 0 Å². The van der Waals surface area contributed by atoms with Crippen LogP contribution < -0.4 is 33.9 Å². The van der Waals surface area contributed by atoms with E-state index < -0.39 is 58.2 Å². The van der Waals surface area contributed by atoms with Gasteiger partial charge < -0.3 is 33.9 Å². The normalized spacial score (nSPS) is 11.5. The number of hydrogen-bond acceptors (Lipinski definition) is 3.